The van der Waals surface area contributed by atoms with Crippen LogP contribution in [0.3, 0.4) is 0 Å². The number of rotatable bonds is 0. The standard InChI is InChI=1S/3C7H6F2.C7H7F/c1-5-4-6(8)2-3-7(5)9;1-5-2-3-6(8)4-7(5)9;1-5-6(8)3-2-4-7(5)9;1-6-4-2-3-5-7(6)8/h3*2-4H,1H3;2-5H,1H3. The van der Waals surface area contributed by atoms with Crippen LogP contribution in [0.4, 0.5) is 30.7 Å². The fourth-order valence-corrected chi connectivity index (χ4v) is 2.31. The van der Waals surface area contributed by atoms with E-state index in [-0.39, 0.29) is 17.2 Å². The Morgan fingerprint density at radius 1 is 0.371 bits per heavy atom. The molecule has 0 unspecified atom stereocenters. The first-order chi connectivity index (χ1) is 16.4. The van der Waals surface area contributed by atoms with E-state index in [0.29, 0.717) is 16.7 Å². The molecule has 7 heteroatoms. The van der Waals surface area contributed by atoms with Gasteiger partial charge in [-0.3, -0.25) is 0 Å². The molecular weight excluding hydrogens is 469 g/mol. The molecule has 0 saturated carbocycles. The predicted octanol–water partition coefficient (Wildman–Crippen LogP) is 8.95. The van der Waals surface area contributed by atoms with E-state index in [2.05, 4.69) is 0 Å². The average molecular weight is 494 g/mol. The minimum absolute atomic E-state index is 0.0810. The van der Waals surface area contributed by atoms with Gasteiger partial charge in [0, 0.05) is 11.6 Å². The quantitative estimate of drug-likeness (QED) is 0.214. The largest absolute Gasteiger partial charge is 0.207 e. The van der Waals surface area contributed by atoms with Crippen molar-refractivity contribution < 1.29 is 30.7 Å². The van der Waals surface area contributed by atoms with Crippen molar-refractivity contribution in [2.45, 2.75) is 27.7 Å². The van der Waals surface area contributed by atoms with Gasteiger partial charge < -0.3 is 0 Å². The number of hydrogen-bond donors (Lipinski definition) is 0. The molecule has 0 bridgehead atoms. The Kier molecular flexibility index (Phi) is 12.3. The van der Waals surface area contributed by atoms with Gasteiger partial charge in [0.1, 0.15) is 40.7 Å². The Labute approximate surface area is 200 Å². The smallest absolute Gasteiger partial charge is 0.129 e. The molecule has 0 aliphatic heterocycles. The fraction of sp³-hybridized carbons (Fsp3) is 0.143. The van der Waals surface area contributed by atoms with E-state index in [4.69, 9.17) is 0 Å². The molecule has 0 N–H and O–H groups in total. The maximum absolute atomic E-state index is 12.3. The predicted molar refractivity (Wildman–Crippen MR) is 124 cm³/mol. The third-order valence-electron chi connectivity index (χ3n) is 4.53. The van der Waals surface area contributed by atoms with E-state index < -0.39 is 29.1 Å². The van der Waals surface area contributed by atoms with E-state index in [1.165, 1.54) is 50.2 Å². The summed E-state index contributed by atoms with van der Waals surface area (Å²) in [4.78, 5) is 0. The number of hydrogen-bond acceptors (Lipinski definition) is 0. The van der Waals surface area contributed by atoms with Crippen LogP contribution in [0.5, 0.6) is 0 Å². The molecule has 0 aromatic heterocycles. The zero-order valence-corrected chi connectivity index (χ0v) is 19.7. The molecule has 0 atom stereocenters. The van der Waals surface area contributed by atoms with Crippen LogP contribution in [0.25, 0.3) is 0 Å². The molecule has 4 rings (SSSR count). The Morgan fingerprint density at radius 2 is 0.829 bits per heavy atom. The molecule has 0 heterocycles. The van der Waals surface area contributed by atoms with Crippen LogP contribution in [0.1, 0.15) is 22.3 Å². The first-order valence-corrected chi connectivity index (χ1v) is 10.4. The fourth-order valence-electron chi connectivity index (χ4n) is 2.31. The minimum atomic E-state index is -0.530. The Bertz CT molecular complexity index is 1130. The summed E-state index contributed by atoms with van der Waals surface area (Å²) in [7, 11) is 0. The number of halogens is 7. The summed E-state index contributed by atoms with van der Waals surface area (Å²) in [6.07, 6.45) is 0. The summed E-state index contributed by atoms with van der Waals surface area (Å²) in [6, 6.07) is 17.4. The second-order valence-corrected chi connectivity index (χ2v) is 7.38. The van der Waals surface area contributed by atoms with E-state index in [1.54, 1.807) is 26.0 Å². The average Bonchev–Trinajstić information content (AvgIpc) is 2.81. The van der Waals surface area contributed by atoms with Crippen molar-refractivity contribution >= 4 is 0 Å². The van der Waals surface area contributed by atoms with Gasteiger partial charge in [-0.25, -0.2) is 30.7 Å². The molecule has 0 fully saturated rings. The SMILES string of the molecule is Cc1c(F)cccc1F.Cc1cc(F)ccc1F.Cc1ccc(F)cc1F.Cc1ccccc1F. The molecule has 0 nitrogen and oxygen atoms in total. The highest BCUT2D eigenvalue weighted by molar-refractivity contribution is 5.18. The summed E-state index contributed by atoms with van der Waals surface area (Å²) >= 11 is 0. The lowest BCUT2D eigenvalue weighted by atomic mass is 10.2. The van der Waals surface area contributed by atoms with Gasteiger partial charge in [-0.1, -0.05) is 30.3 Å². The van der Waals surface area contributed by atoms with E-state index in [0.717, 1.165) is 24.3 Å². The molecule has 0 spiro atoms. The first-order valence-electron chi connectivity index (χ1n) is 10.4. The third kappa shape index (κ3) is 10.9. The van der Waals surface area contributed by atoms with Crippen LogP contribution in [0.15, 0.2) is 78.9 Å². The lowest BCUT2D eigenvalue weighted by molar-refractivity contribution is 0.568. The molecule has 4 aromatic carbocycles. The van der Waals surface area contributed by atoms with Crippen molar-refractivity contribution in [2.75, 3.05) is 0 Å². The highest BCUT2D eigenvalue weighted by atomic mass is 19.2. The van der Waals surface area contributed by atoms with Crippen LogP contribution >= 0.6 is 0 Å². The summed E-state index contributed by atoms with van der Waals surface area (Å²) in [5.41, 5.74) is 1.59. The third-order valence-corrected chi connectivity index (χ3v) is 4.53. The molecule has 0 saturated heterocycles. The van der Waals surface area contributed by atoms with Crippen molar-refractivity contribution in [3.05, 3.63) is 142 Å². The van der Waals surface area contributed by atoms with Gasteiger partial charge in [0.25, 0.3) is 0 Å². The van der Waals surface area contributed by atoms with Gasteiger partial charge in [-0.15, -0.1) is 0 Å². The molecule has 4 aromatic rings. The summed E-state index contributed by atoms with van der Waals surface area (Å²) in [6.45, 7) is 6.27. The van der Waals surface area contributed by atoms with Crippen molar-refractivity contribution in [3.63, 3.8) is 0 Å². The highest BCUT2D eigenvalue weighted by Gasteiger charge is 1.99. The van der Waals surface area contributed by atoms with E-state index in [9.17, 15) is 30.7 Å². The van der Waals surface area contributed by atoms with Crippen molar-refractivity contribution in [1.29, 1.82) is 0 Å². The van der Waals surface area contributed by atoms with Gasteiger partial charge in [0.15, 0.2) is 0 Å². The van der Waals surface area contributed by atoms with E-state index in [1.807, 2.05) is 6.07 Å². The monoisotopic (exact) mass is 494 g/mol. The van der Waals surface area contributed by atoms with Gasteiger partial charge in [0.05, 0.1) is 0 Å². The summed E-state index contributed by atoms with van der Waals surface area (Å²) in [5.74, 6) is -2.89. The maximum atomic E-state index is 12.3. The molecule has 35 heavy (non-hydrogen) atoms. The summed E-state index contributed by atoms with van der Waals surface area (Å²) < 4.78 is 86.0. The zero-order chi connectivity index (χ0) is 26.5. The van der Waals surface area contributed by atoms with Crippen molar-refractivity contribution in [2.24, 2.45) is 0 Å². The van der Waals surface area contributed by atoms with Gasteiger partial charge in [-0.05, 0) is 86.8 Å². The molecule has 0 amide bonds. The van der Waals surface area contributed by atoms with Gasteiger partial charge in [-0.2, -0.15) is 0 Å². The number of aryl methyl sites for hydroxylation is 3. The van der Waals surface area contributed by atoms with Gasteiger partial charge in [0.2, 0.25) is 0 Å². The van der Waals surface area contributed by atoms with Crippen LogP contribution in [0, 0.1) is 68.4 Å². The Morgan fingerprint density at radius 3 is 1.23 bits per heavy atom. The normalized spacial score (nSPS) is 9.57. The molecule has 0 aliphatic rings. The zero-order valence-electron chi connectivity index (χ0n) is 19.7. The molecule has 0 radical (unpaired) electrons. The second kappa shape index (κ2) is 14.6. The lowest BCUT2D eigenvalue weighted by Crippen LogP contribution is -1.85. The summed E-state index contributed by atoms with van der Waals surface area (Å²) in [5, 5.41) is 0. The second-order valence-electron chi connectivity index (χ2n) is 7.38. The molecular formula is C28H25F7. The molecule has 0 aliphatic carbocycles. The van der Waals surface area contributed by atoms with Crippen LogP contribution < -0.4 is 0 Å². The van der Waals surface area contributed by atoms with Crippen LogP contribution in [-0.2, 0) is 0 Å². The number of benzene rings is 4. The van der Waals surface area contributed by atoms with Gasteiger partial charge >= 0.3 is 0 Å². The maximum Gasteiger partial charge on any atom is 0.129 e. The molecule has 186 valence electrons. The Balaban J connectivity index is 0.000000234. The van der Waals surface area contributed by atoms with Crippen LogP contribution in [-0.4, -0.2) is 0 Å². The minimum Gasteiger partial charge on any atom is -0.207 e. The van der Waals surface area contributed by atoms with Crippen molar-refractivity contribution in [3.8, 4) is 0 Å². The Hall–Kier alpha value is -3.61. The highest BCUT2D eigenvalue weighted by Crippen LogP contribution is 2.09. The topological polar surface area (TPSA) is 0 Å². The lowest BCUT2D eigenvalue weighted by Gasteiger charge is -1.94. The van der Waals surface area contributed by atoms with Crippen molar-refractivity contribution in [1.82, 2.24) is 0 Å². The van der Waals surface area contributed by atoms with E-state index >= 15 is 0 Å². The first kappa shape index (κ1) is 29.4. The van der Waals surface area contributed by atoms with Crippen LogP contribution in [0.2, 0.25) is 0 Å².